The molecule has 0 bridgehead atoms. The second kappa shape index (κ2) is 6.04. The van der Waals surface area contributed by atoms with Crippen molar-refractivity contribution in [2.24, 2.45) is 0 Å². The number of benzene rings is 1. The molecule has 2 rings (SSSR count). The zero-order valence-electron chi connectivity index (χ0n) is 11.7. The van der Waals surface area contributed by atoms with Crippen LogP contribution in [0.3, 0.4) is 0 Å². The maximum Gasteiger partial charge on any atom is 0.321 e. The normalized spacial score (nSPS) is 11.7. The van der Waals surface area contributed by atoms with Crippen LogP contribution in [-0.2, 0) is 4.79 Å². The van der Waals surface area contributed by atoms with E-state index in [2.05, 4.69) is 20.7 Å². The highest BCUT2D eigenvalue weighted by Crippen LogP contribution is 2.18. The number of rotatable bonds is 3. The minimum Gasteiger partial charge on any atom is -0.399 e. The van der Waals surface area contributed by atoms with Crippen molar-refractivity contribution in [2.75, 3.05) is 12.8 Å². The molecule has 1 aromatic carbocycles. The Kier molecular flexibility index (Phi) is 4.17. The summed E-state index contributed by atoms with van der Waals surface area (Å²) in [4.78, 5) is 27.1. The molecule has 0 aliphatic heterocycles. The van der Waals surface area contributed by atoms with E-state index in [4.69, 9.17) is 5.73 Å². The number of urea groups is 1. The van der Waals surface area contributed by atoms with Crippen LogP contribution in [0.4, 0.5) is 10.5 Å². The van der Waals surface area contributed by atoms with Crippen LogP contribution in [0.2, 0.25) is 0 Å². The third-order valence-corrected chi connectivity index (χ3v) is 2.89. The van der Waals surface area contributed by atoms with E-state index >= 15 is 0 Å². The average Bonchev–Trinajstić information content (AvgIpc) is 2.96. The lowest BCUT2D eigenvalue weighted by atomic mass is 10.2. The highest BCUT2D eigenvalue weighted by Gasteiger charge is 2.18. The molecule has 0 aliphatic rings. The largest absolute Gasteiger partial charge is 0.399 e. The van der Waals surface area contributed by atoms with Crippen LogP contribution in [-0.4, -0.2) is 33.8 Å². The van der Waals surface area contributed by atoms with Crippen molar-refractivity contribution in [1.82, 2.24) is 25.4 Å². The number of aromatic nitrogens is 3. The second-order valence-corrected chi connectivity index (χ2v) is 4.42. The molecule has 0 aliphatic carbocycles. The lowest BCUT2D eigenvalue weighted by Crippen LogP contribution is -2.40. The van der Waals surface area contributed by atoms with E-state index in [0.717, 1.165) is 5.56 Å². The van der Waals surface area contributed by atoms with E-state index in [1.807, 2.05) is 6.07 Å². The van der Waals surface area contributed by atoms with E-state index in [1.165, 1.54) is 18.1 Å². The number of carbonyl (C=O) groups is 2. The van der Waals surface area contributed by atoms with Crippen molar-refractivity contribution >= 4 is 17.6 Å². The number of amides is 3. The molecule has 1 aromatic heterocycles. The molecule has 8 nitrogen and oxygen atoms in total. The Hall–Kier alpha value is -2.90. The lowest BCUT2D eigenvalue weighted by molar-refractivity contribution is -0.123. The summed E-state index contributed by atoms with van der Waals surface area (Å²) in [5, 5.41) is 8.73. The van der Waals surface area contributed by atoms with Crippen LogP contribution >= 0.6 is 0 Å². The van der Waals surface area contributed by atoms with Gasteiger partial charge in [-0.25, -0.2) is 14.5 Å². The quantitative estimate of drug-likeness (QED) is 0.713. The average molecular weight is 288 g/mol. The van der Waals surface area contributed by atoms with Crippen LogP contribution in [0.15, 0.2) is 30.6 Å². The van der Waals surface area contributed by atoms with Crippen LogP contribution in [0.5, 0.6) is 0 Å². The number of imide groups is 1. The van der Waals surface area contributed by atoms with Crippen molar-refractivity contribution < 1.29 is 9.59 Å². The first-order valence-electron chi connectivity index (χ1n) is 6.31. The van der Waals surface area contributed by atoms with Crippen LogP contribution in [0, 0.1) is 0 Å². The number of nitrogen functional groups attached to an aromatic ring is 1. The van der Waals surface area contributed by atoms with E-state index < -0.39 is 18.0 Å². The molecule has 110 valence electrons. The summed E-state index contributed by atoms with van der Waals surface area (Å²) in [5.41, 5.74) is 7.07. The van der Waals surface area contributed by atoms with E-state index in [-0.39, 0.29) is 0 Å². The van der Waals surface area contributed by atoms with Crippen molar-refractivity contribution in [1.29, 1.82) is 0 Å². The molecule has 0 fully saturated rings. The molecule has 0 radical (unpaired) electrons. The summed E-state index contributed by atoms with van der Waals surface area (Å²) >= 11 is 0. The molecule has 21 heavy (non-hydrogen) atoms. The van der Waals surface area contributed by atoms with Gasteiger partial charge in [0, 0.05) is 18.3 Å². The molecule has 4 N–H and O–H groups in total. The fraction of sp³-hybridized carbons (Fsp3) is 0.231. The van der Waals surface area contributed by atoms with Gasteiger partial charge in [0.05, 0.1) is 0 Å². The molecule has 1 heterocycles. The van der Waals surface area contributed by atoms with Gasteiger partial charge in [-0.1, -0.05) is 12.1 Å². The predicted octanol–water partition coefficient (Wildman–Crippen LogP) is 0.544. The van der Waals surface area contributed by atoms with Crippen LogP contribution < -0.4 is 16.4 Å². The fourth-order valence-corrected chi connectivity index (χ4v) is 1.67. The van der Waals surface area contributed by atoms with Gasteiger partial charge < -0.3 is 11.1 Å². The molecule has 8 heteroatoms. The van der Waals surface area contributed by atoms with E-state index in [9.17, 15) is 9.59 Å². The Morgan fingerprint density at radius 2 is 2.14 bits per heavy atom. The number of nitrogens with one attached hydrogen (secondary N) is 2. The van der Waals surface area contributed by atoms with Gasteiger partial charge in [0.25, 0.3) is 5.91 Å². The molecule has 0 spiro atoms. The number of carbonyl (C=O) groups excluding carboxylic acids is 2. The zero-order chi connectivity index (χ0) is 15.4. The van der Waals surface area contributed by atoms with Crippen molar-refractivity contribution in [2.45, 2.75) is 13.0 Å². The smallest absolute Gasteiger partial charge is 0.321 e. The number of nitrogens with zero attached hydrogens (tertiary/aromatic N) is 3. The van der Waals surface area contributed by atoms with Gasteiger partial charge in [-0.15, -0.1) is 0 Å². The molecule has 0 saturated carbocycles. The standard InChI is InChI=1S/C13H16N6O2/c1-8(12(20)17-13(21)15-2)19-7-16-11(18-19)9-4-3-5-10(14)6-9/h3-8H,14H2,1-2H3,(H2,15,17,20,21). The fourth-order valence-electron chi connectivity index (χ4n) is 1.67. The zero-order valence-corrected chi connectivity index (χ0v) is 11.7. The SMILES string of the molecule is CNC(=O)NC(=O)C(C)n1cnc(-c2cccc(N)c2)n1. The molecule has 0 saturated heterocycles. The monoisotopic (exact) mass is 288 g/mol. The van der Waals surface area contributed by atoms with Crippen LogP contribution in [0.1, 0.15) is 13.0 Å². The lowest BCUT2D eigenvalue weighted by Gasteiger charge is -2.10. The summed E-state index contributed by atoms with van der Waals surface area (Å²) < 4.78 is 1.39. The van der Waals surface area contributed by atoms with Crippen molar-refractivity contribution in [3.05, 3.63) is 30.6 Å². The Labute approximate surface area is 121 Å². The molecule has 1 atom stereocenters. The van der Waals surface area contributed by atoms with Crippen molar-refractivity contribution in [3.8, 4) is 11.4 Å². The summed E-state index contributed by atoms with van der Waals surface area (Å²) in [6, 6.07) is 5.90. The molecular weight excluding hydrogens is 272 g/mol. The van der Waals surface area contributed by atoms with Crippen molar-refractivity contribution in [3.63, 3.8) is 0 Å². The Balaban J connectivity index is 2.16. The predicted molar refractivity (Wildman–Crippen MR) is 77.2 cm³/mol. The molecule has 3 amide bonds. The highest BCUT2D eigenvalue weighted by molar-refractivity contribution is 5.95. The Morgan fingerprint density at radius 3 is 2.81 bits per heavy atom. The van der Waals surface area contributed by atoms with Gasteiger partial charge in [-0.05, 0) is 19.1 Å². The summed E-state index contributed by atoms with van der Waals surface area (Å²) in [6.07, 6.45) is 1.44. The third-order valence-electron chi connectivity index (χ3n) is 2.89. The van der Waals surface area contributed by atoms with E-state index in [1.54, 1.807) is 25.1 Å². The first-order valence-corrected chi connectivity index (χ1v) is 6.31. The first-order chi connectivity index (χ1) is 10.0. The minimum atomic E-state index is -0.662. The number of hydrogen-bond acceptors (Lipinski definition) is 5. The second-order valence-electron chi connectivity index (χ2n) is 4.42. The van der Waals surface area contributed by atoms with Gasteiger partial charge in [0.15, 0.2) is 5.82 Å². The minimum absolute atomic E-state index is 0.460. The Morgan fingerprint density at radius 1 is 1.38 bits per heavy atom. The molecule has 2 aromatic rings. The van der Waals surface area contributed by atoms with Gasteiger partial charge in [0.2, 0.25) is 0 Å². The van der Waals surface area contributed by atoms with Gasteiger partial charge >= 0.3 is 6.03 Å². The maximum atomic E-state index is 11.8. The number of anilines is 1. The van der Waals surface area contributed by atoms with Gasteiger partial charge in [-0.3, -0.25) is 10.1 Å². The first kappa shape index (κ1) is 14.5. The van der Waals surface area contributed by atoms with E-state index in [0.29, 0.717) is 11.5 Å². The highest BCUT2D eigenvalue weighted by atomic mass is 16.2. The maximum absolute atomic E-state index is 11.8. The summed E-state index contributed by atoms with van der Waals surface area (Å²) in [7, 11) is 1.43. The third kappa shape index (κ3) is 3.35. The van der Waals surface area contributed by atoms with Gasteiger partial charge in [0.1, 0.15) is 12.4 Å². The Bertz CT molecular complexity index is 666. The molecular formula is C13H16N6O2. The topological polar surface area (TPSA) is 115 Å². The number of nitrogens with two attached hydrogens (primary N) is 1. The molecule has 1 unspecified atom stereocenters. The van der Waals surface area contributed by atoms with Gasteiger partial charge in [-0.2, -0.15) is 5.10 Å². The number of hydrogen-bond donors (Lipinski definition) is 3. The summed E-state index contributed by atoms with van der Waals surface area (Å²) in [5.74, 6) is -0.0136. The summed E-state index contributed by atoms with van der Waals surface area (Å²) in [6.45, 7) is 1.62. The van der Waals surface area contributed by atoms with Crippen LogP contribution in [0.25, 0.3) is 11.4 Å².